The first-order chi connectivity index (χ1) is 9.86. The van der Waals surface area contributed by atoms with Crippen LogP contribution in [0.3, 0.4) is 0 Å². The Bertz CT molecular complexity index is 547. The van der Waals surface area contributed by atoms with Crippen LogP contribution in [0.15, 0.2) is 42.5 Å². The molecule has 2 aromatic rings. The molecule has 1 N–H and O–H groups in total. The zero-order valence-corrected chi connectivity index (χ0v) is 12.1. The highest BCUT2D eigenvalue weighted by molar-refractivity contribution is 5.85. The van der Waals surface area contributed by atoms with Crippen molar-refractivity contribution >= 4 is 10.8 Å². The van der Waals surface area contributed by atoms with Crippen molar-refractivity contribution in [2.45, 2.75) is 51.0 Å². The maximum atomic E-state index is 10.9. The summed E-state index contributed by atoms with van der Waals surface area (Å²) in [6.45, 7) is 0. The van der Waals surface area contributed by atoms with E-state index >= 15 is 0 Å². The van der Waals surface area contributed by atoms with Crippen molar-refractivity contribution in [2.75, 3.05) is 0 Å². The molecule has 0 spiro atoms. The summed E-state index contributed by atoms with van der Waals surface area (Å²) in [7, 11) is 0. The highest BCUT2D eigenvalue weighted by Crippen LogP contribution is 2.35. The quantitative estimate of drug-likeness (QED) is 0.790. The Hall–Kier alpha value is -1.34. The summed E-state index contributed by atoms with van der Waals surface area (Å²) < 4.78 is 0. The zero-order valence-electron chi connectivity index (χ0n) is 12.1. The van der Waals surface area contributed by atoms with Gasteiger partial charge in [-0.25, -0.2) is 0 Å². The third kappa shape index (κ3) is 2.88. The molecule has 1 saturated carbocycles. The van der Waals surface area contributed by atoms with Gasteiger partial charge in [0.15, 0.2) is 0 Å². The van der Waals surface area contributed by atoms with Crippen LogP contribution >= 0.6 is 0 Å². The van der Waals surface area contributed by atoms with E-state index in [2.05, 4.69) is 42.5 Å². The molecule has 106 valence electrons. The summed E-state index contributed by atoms with van der Waals surface area (Å²) in [6, 6.07) is 14.7. The van der Waals surface area contributed by atoms with Gasteiger partial charge in [-0.05, 0) is 35.1 Å². The lowest BCUT2D eigenvalue weighted by Crippen LogP contribution is -2.14. The molecule has 0 aliphatic heterocycles. The van der Waals surface area contributed by atoms with E-state index in [9.17, 15) is 5.11 Å². The Balaban J connectivity index is 1.89. The molecule has 1 nitrogen and oxygen atoms in total. The minimum Gasteiger partial charge on any atom is -0.388 e. The largest absolute Gasteiger partial charge is 0.388 e. The summed E-state index contributed by atoms with van der Waals surface area (Å²) in [4.78, 5) is 0. The fourth-order valence-electron chi connectivity index (χ4n) is 3.57. The second-order valence-corrected chi connectivity index (χ2v) is 6.12. The van der Waals surface area contributed by atoms with Gasteiger partial charge >= 0.3 is 0 Å². The molecule has 1 aliphatic rings. The van der Waals surface area contributed by atoms with Crippen LogP contribution in [0.2, 0.25) is 0 Å². The van der Waals surface area contributed by atoms with Crippen molar-refractivity contribution in [3.05, 3.63) is 48.0 Å². The topological polar surface area (TPSA) is 20.2 Å². The lowest BCUT2D eigenvalue weighted by Gasteiger charge is -2.26. The minimum absolute atomic E-state index is 0.306. The van der Waals surface area contributed by atoms with E-state index in [0.29, 0.717) is 5.92 Å². The van der Waals surface area contributed by atoms with Crippen LogP contribution in [0.5, 0.6) is 0 Å². The molecule has 3 rings (SSSR count). The van der Waals surface area contributed by atoms with E-state index < -0.39 is 0 Å². The summed E-state index contributed by atoms with van der Waals surface area (Å²) in [5, 5.41) is 13.3. The van der Waals surface area contributed by atoms with Gasteiger partial charge in [-0.3, -0.25) is 0 Å². The Labute approximate surface area is 121 Å². The van der Waals surface area contributed by atoms with Gasteiger partial charge in [0.1, 0.15) is 0 Å². The van der Waals surface area contributed by atoms with E-state index in [1.54, 1.807) is 0 Å². The zero-order chi connectivity index (χ0) is 13.8. The van der Waals surface area contributed by atoms with Crippen LogP contribution in [0.4, 0.5) is 0 Å². The number of hydrogen-bond donors (Lipinski definition) is 1. The average molecular weight is 268 g/mol. The van der Waals surface area contributed by atoms with Crippen LogP contribution in [-0.4, -0.2) is 5.11 Å². The Morgan fingerprint density at radius 3 is 2.25 bits per heavy atom. The van der Waals surface area contributed by atoms with E-state index in [1.165, 1.54) is 55.7 Å². The molecule has 1 atom stereocenters. The van der Waals surface area contributed by atoms with E-state index in [-0.39, 0.29) is 6.10 Å². The number of aliphatic hydroxyl groups excluding tert-OH is 1. The number of fused-ring (bicyclic) bond motifs is 1. The van der Waals surface area contributed by atoms with Gasteiger partial charge < -0.3 is 5.11 Å². The molecular formula is C19H24O. The summed E-state index contributed by atoms with van der Waals surface area (Å²) >= 11 is 0. The highest BCUT2D eigenvalue weighted by Gasteiger charge is 2.22. The fourth-order valence-corrected chi connectivity index (χ4v) is 3.57. The van der Waals surface area contributed by atoms with Crippen molar-refractivity contribution in [1.82, 2.24) is 0 Å². The van der Waals surface area contributed by atoms with Crippen LogP contribution in [-0.2, 0) is 0 Å². The van der Waals surface area contributed by atoms with Gasteiger partial charge in [0.25, 0.3) is 0 Å². The van der Waals surface area contributed by atoms with E-state index in [1.807, 2.05) is 0 Å². The van der Waals surface area contributed by atoms with Crippen LogP contribution in [0.1, 0.15) is 56.6 Å². The maximum Gasteiger partial charge on any atom is 0.0824 e. The molecule has 1 fully saturated rings. The SMILES string of the molecule is OC(c1cccc2ccccc12)C1CCCCCCC1. The number of hydrogen-bond acceptors (Lipinski definition) is 1. The number of rotatable bonds is 2. The predicted octanol–water partition coefficient (Wildman–Crippen LogP) is 5.23. The predicted molar refractivity (Wildman–Crippen MR) is 84.7 cm³/mol. The molecular weight excluding hydrogens is 244 g/mol. The molecule has 20 heavy (non-hydrogen) atoms. The van der Waals surface area contributed by atoms with Gasteiger partial charge in [-0.15, -0.1) is 0 Å². The first-order valence-corrected chi connectivity index (χ1v) is 8.02. The van der Waals surface area contributed by atoms with Crippen molar-refractivity contribution < 1.29 is 5.11 Å². The van der Waals surface area contributed by atoms with Gasteiger partial charge in [-0.1, -0.05) is 74.6 Å². The first kappa shape index (κ1) is 13.6. The minimum atomic E-state index is -0.306. The van der Waals surface area contributed by atoms with Gasteiger partial charge in [0.05, 0.1) is 6.10 Å². The Morgan fingerprint density at radius 2 is 1.45 bits per heavy atom. The molecule has 0 saturated heterocycles. The van der Waals surface area contributed by atoms with Crippen molar-refractivity contribution in [3.8, 4) is 0 Å². The Morgan fingerprint density at radius 1 is 0.800 bits per heavy atom. The second-order valence-electron chi connectivity index (χ2n) is 6.12. The third-order valence-electron chi connectivity index (χ3n) is 4.74. The molecule has 0 radical (unpaired) electrons. The molecule has 1 aliphatic carbocycles. The molecule has 0 amide bonds. The maximum absolute atomic E-state index is 10.9. The van der Waals surface area contributed by atoms with Crippen molar-refractivity contribution in [1.29, 1.82) is 0 Å². The normalized spacial score (nSPS) is 19.4. The highest BCUT2D eigenvalue weighted by atomic mass is 16.3. The molecule has 0 bridgehead atoms. The Kier molecular flexibility index (Phi) is 4.37. The molecule has 1 heteroatoms. The molecule has 0 heterocycles. The van der Waals surface area contributed by atoms with Crippen LogP contribution < -0.4 is 0 Å². The van der Waals surface area contributed by atoms with E-state index in [4.69, 9.17) is 0 Å². The second kappa shape index (κ2) is 6.41. The van der Waals surface area contributed by atoms with Gasteiger partial charge in [0, 0.05) is 0 Å². The summed E-state index contributed by atoms with van der Waals surface area (Å²) in [5.41, 5.74) is 1.12. The van der Waals surface area contributed by atoms with Gasteiger partial charge in [0.2, 0.25) is 0 Å². The smallest absolute Gasteiger partial charge is 0.0824 e. The van der Waals surface area contributed by atoms with E-state index in [0.717, 1.165) is 5.56 Å². The summed E-state index contributed by atoms with van der Waals surface area (Å²) in [5.74, 6) is 0.432. The lowest BCUT2D eigenvalue weighted by atomic mass is 9.83. The lowest BCUT2D eigenvalue weighted by molar-refractivity contribution is 0.0925. The standard InChI is InChI=1S/C19H24O/c20-19(16-10-4-2-1-3-5-11-16)18-14-8-12-15-9-6-7-13-17(15)18/h6-9,12-14,16,19-20H,1-5,10-11H2. The summed E-state index contributed by atoms with van der Waals surface area (Å²) in [6.07, 6.45) is 8.61. The number of aliphatic hydroxyl groups is 1. The first-order valence-electron chi connectivity index (χ1n) is 8.02. The molecule has 1 unspecified atom stereocenters. The van der Waals surface area contributed by atoms with Crippen LogP contribution in [0.25, 0.3) is 10.8 Å². The van der Waals surface area contributed by atoms with Crippen LogP contribution in [0, 0.1) is 5.92 Å². The van der Waals surface area contributed by atoms with Crippen molar-refractivity contribution in [2.24, 2.45) is 5.92 Å². The number of benzene rings is 2. The van der Waals surface area contributed by atoms with Crippen molar-refractivity contribution in [3.63, 3.8) is 0 Å². The average Bonchev–Trinajstić information content (AvgIpc) is 2.46. The third-order valence-corrected chi connectivity index (χ3v) is 4.74. The fraction of sp³-hybridized carbons (Fsp3) is 0.474. The van der Waals surface area contributed by atoms with Gasteiger partial charge in [-0.2, -0.15) is 0 Å². The molecule has 0 aromatic heterocycles. The monoisotopic (exact) mass is 268 g/mol. The molecule has 2 aromatic carbocycles.